The normalized spacial score (nSPS) is 19.0. The van der Waals surface area contributed by atoms with Gasteiger partial charge in [-0.05, 0) is 70.4 Å². The van der Waals surface area contributed by atoms with Crippen LogP contribution in [0.2, 0.25) is 0 Å². The first-order chi connectivity index (χ1) is 13.3. The molecule has 1 aromatic carbocycles. The van der Waals surface area contributed by atoms with Crippen molar-refractivity contribution in [2.75, 3.05) is 27.2 Å². The number of likely N-dealkylation sites (tertiary alicyclic amines) is 1. The molecule has 1 saturated heterocycles. The molecule has 0 radical (unpaired) electrons. The monoisotopic (exact) mass is 386 g/mol. The van der Waals surface area contributed by atoms with Crippen LogP contribution in [0.4, 0.5) is 4.39 Å². The SMILES string of the molecule is Cc1ccc([C@H]2/C(=C(\O)c3ccc(F)cc3)C(=O)C(=O)N2CCCN(C)C)o1. The summed E-state index contributed by atoms with van der Waals surface area (Å²) >= 11 is 0. The zero-order valence-corrected chi connectivity index (χ0v) is 16.1. The second-order valence-electron chi connectivity index (χ2n) is 7.10. The lowest BCUT2D eigenvalue weighted by Crippen LogP contribution is -2.32. The Bertz CT molecular complexity index is 915. The van der Waals surface area contributed by atoms with Gasteiger partial charge in [-0.2, -0.15) is 0 Å². The van der Waals surface area contributed by atoms with Gasteiger partial charge in [0.1, 0.15) is 29.1 Å². The highest BCUT2D eigenvalue weighted by molar-refractivity contribution is 6.46. The maximum absolute atomic E-state index is 13.2. The van der Waals surface area contributed by atoms with Gasteiger partial charge in [0.15, 0.2) is 0 Å². The zero-order chi connectivity index (χ0) is 20.4. The first kappa shape index (κ1) is 19.8. The topological polar surface area (TPSA) is 74.0 Å². The Kier molecular flexibility index (Phi) is 5.65. The molecule has 0 spiro atoms. The molecule has 2 heterocycles. The van der Waals surface area contributed by atoms with Crippen LogP contribution in [0, 0.1) is 12.7 Å². The molecule has 1 aliphatic heterocycles. The quantitative estimate of drug-likeness (QED) is 0.469. The number of carbonyl (C=O) groups is 2. The van der Waals surface area contributed by atoms with E-state index in [9.17, 15) is 19.1 Å². The van der Waals surface area contributed by atoms with E-state index >= 15 is 0 Å². The first-order valence-corrected chi connectivity index (χ1v) is 9.05. The van der Waals surface area contributed by atoms with Crippen molar-refractivity contribution in [2.24, 2.45) is 0 Å². The third kappa shape index (κ3) is 3.84. The van der Waals surface area contributed by atoms with Crippen molar-refractivity contribution in [3.8, 4) is 0 Å². The summed E-state index contributed by atoms with van der Waals surface area (Å²) in [4.78, 5) is 28.9. The van der Waals surface area contributed by atoms with Gasteiger partial charge < -0.3 is 19.3 Å². The fraction of sp³-hybridized carbons (Fsp3) is 0.333. The second-order valence-corrected chi connectivity index (χ2v) is 7.10. The summed E-state index contributed by atoms with van der Waals surface area (Å²) < 4.78 is 18.9. The Morgan fingerprint density at radius 2 is 1.86 bits per heavy atom. The molecule has 6 nitrogen and oxygen atoms in total. The number of carbonyl (C=O) groups excluding carboxylic acids is 2. The van der Waals surface area contributed by atoms with Gasteiger partial charge in [0.2, 0.25) is 0 Å². The molecule has 1 N–H and O–H groups in total. The molecule has 1 fully saturated rings. The first-order valence-electron chi connectivity index (χ1n) is 9.05. The molecule has 7 heteroatoms. The smallest absolute Gasteiger partial charge is 0.295 e. The predicted octanol–water partition coefficient (Wildman–Crippen LogP) is 3.10. The number of hydrogen-bond acceptors (Lipinski definition) is 5. The van der Waals surface area contributed by atoms with Crippen molar-refractivity contribution in [2.45, 2.75) is 19.4 Å². The molecule has 3 rings (SSSR count). The summed E-state index contributed by atoms with van der Waals surface area (Å²) in [5.74, 6) is -1.21. The average molecular weight is 386 g/mol. The van der Waals surface area contributed by atoms with Gasteiger partial charge in [0, 0.05) is 12.1 Å². The van der Waals surface area contributed by atoms with Crippen molar-refractivity contribution in [3.63, 3.8) is 0 Å². The number of amides is 1. The minimum atomic E-state index is -0.819. The number of Topliss-reactive ketones (excluding diaryl/α,β-unsaturated/α-hetero) is 1. The lowest BCUT2D eigenvalue weighted by atomic mass is 9.99. The standard InChI is InChI=1S/C21H23FN2O4/c1-13-5-10-16(28-13)18-17(19(25)14-6-8-15(22)9-7-14)20(26)21(27)24(18)12-4-11-23(2)3/h5-10,18,25H,4,11-12H2,1-3H3/b19-17+/t18-/m0/s1. The number of aliphatic hydroxyl groups is 1. The molecule has 2 aromatic rings. The Hall–Kier alpha value is -2.93. The summed E-state index contributed by atoms with van der Waals surface area (Å²) in [5, 5.41) is 10.8. The van der Waals surface area contributed by atoms with Crippen LogP contribution in [0.15, 0.2) is 46.4 Å². The van der Waals surface area contributed by atoms with Crippen LogP contribution in [-0.4, -0.2) is 53.8 Å². The van der Waals surface area contributed by atoms with Crippen LogP contribution < -0.4 is 0 Å². The number of ketones is 1. The molecule has 1 aromatic heterocycles. The number of hydrogen-bond donors (Lipinski definition) is 1. The van der Waals surface area contributed by atoms with Gasteiger partial charge in [0.25, 0.3) is 11.7 Å². The molecule has 28 heavy (non-hydrogen) atoms. The number of nitrogens with zero attached hydrogens (tertiary/aromatic N) is 2. The van der Waals surface area contributed by atoms with E-state index in [1.54, 1.807) is 19.1 Å². The van der Waals surface area contributed by atoms with E-state index in [-0.39, 0.29) is 16.9 Å². The maximum Gasteiger partial charge on any atom is 0.295 e. The van der Waals surface area contributed by atoms with Crippen LogP contribution in [0.1, 0.15) is 29.5 Å². The molecule has 1 aliphatic rings. The molecule has 1 atom stereocenters. The Morgan fingerprint density at radius 3 is 2.43 bits per heavy atom. The largest absolute Gasteiger partial charge is 0.507 e. The summed E-state index contributed by atoms with van der Waals surface area (Å²) in [5.41, 5.74) is 0.219. The Balaban J connectivity index is 2.05. The second kappa shape index (κ2) is 7.98. The molecule has 0 saturated carbocycles. The number of rotatable bonds is 6. The third-order valence-corrected chi connectivity index (χ3v) is 4.69. The van der Waals surface area contributed by atoms with Crippen molar-refractivity contribution < 1.29 is 23.5 Å². The molecule has 0 aliphatic carbocycles. The van der Waals surface area contributed by atoms with E-state index in [0.717, 1.165) is 6.54 Å². The lowest BCUT2D eigenvalue weighted by Gasteiger charge is -2.24. The van der Waals surface area contributed by atoms with Gasteiger partial charge in [-0.1, -0.05) is 0 Å². The van der Waals surface area contributed by atoms with Crippen LogP contribution in [0.3, 0.4) is 0 Å². The van der Waals surface area contributed by atoms with Gasteiger partial charge in [-0.25, -0.2) is 4.39 Å². The fourth-order valence-electron chi connectivity index (χ4n) is 3.33. The van der Waals surface area contributed by atoms with Crippen molar-refractivity contribution in [1.82, 2.24) is 9.80 Å². The summed E-state index contributed by atoms with van der Waals surface area (Å²) in [6, 6.07) is 7.74. The Labute approximate surface area is 162 Å². The summed E-state index contributed by atoms with van der Waals surface area (Å²) in [6.45, 7) is 2.85. The third-order valence-electron chi connectivity index (χ3n) is 4.69. The molecule has 148 valence electrons. The van der Waals surface area contributed by atoms with Gasteiger partial charge in [-0.3, -0.25) is 9.59 Å². The highest BCUT2D eigenvalue weighted by atomic mass is 19.1. The van der Waals surface area contributed by atoms with Crippen LogP contribution >= 0.6 is 0 Å². The van der Waals surface area contributed by atoms with Crippen molar-refractivity contribution in [3.05, 3.63) is 64.9 Å². The van der Waals surface area contributed by atoms with Crippen molar-refractivity contribution in [1.29, 1.82) is 0 Å². The highest BCUT2D eigenvalue weighted by Crippen LogP contribution is 2.40. The van der Waals surface area contributed by atoms with Gasteiger partial charge in [-0.15, -0.1) is 0 Å². The summed E-state index contributed by atoms with van der Waals surface area (Å²) in [6.07, 6.45) is 0.660. The van der Waals surface area contributed by atoms with E-state index in [1.165, 1.54) is 29.2 Å². The van der Waals surface area contributed by atoms with Crippen LogP contribution in [0.5, 0.6) is 0 Å². The fourth-order valence-corrected chi connectivity index (χ4v) is 3.33. The molecular weight excluding hydrogens is 363 g/mol. The summed E-state index contributed by atoms with van der Waals surface area (Å²) in [7, 11) is 3.85. The van der Waals surface area contributed by atoms with Crippen LogP contribution in [-0.2, 0) is 9.59 Å². The zero-order valence-electron chi connectivity index (χ0n) is 16.1. The number of aryl methyl sites for hydroxylation is 1. The number of halogens is 1. The lowest BCUT2D eigenvalue weighted by molar-refractivity contribution is -0.140. The predicted molar refractivity (Wildman–Crippen MR) is 102 cm³/mol. The molecule has 0 unspecified atom stereocenters. The number of aliphatic hydroxyl groups excluding tert-OH is 1. The molecular formula is C21H23FN2O4. The van der Waals surface area contributed by atoms with E-state index in [4.69, 9.17) is 4.42 Å². The maximum atomic E-state index is 13.2. The van der Waals surface area contributed by atoms with Gasteiger partial charge >= 0.3 is 0 Å². The average Bonchev–Trinajstić information content (AvgIpc) is 3.18. The van der Waals surface area contributed by atoms with E-state index < -0.39 is 23.5 Å². The minimum absolute atomic E-state index is 0.0455. The Morgan fingerprint density at radius 1 is 1.18 bits per heavy atom. The minimum Gasteiger partial charge on any atom is -0.507 e. The highest BCUT2D eigenvalue weighted by Gasteiger charge is 2.47. The van der Waals surface area contributed by atoms with E-state index in [1.807, 2.05) is 19.0 Å². The number of furan rings is 1. The number of benzene rings is 1. The van der Waals surface area contributed by atoms with Crippen molar-refractivity contribution >= 4 is 17.4 Å². The van der Waals surface area contributed by atoms with Gasteiger partial charge in [0.05, 0.1) is 5.57 Å². The van der Waals surface area contributed by atoms with E-state index in [2.05, 4.69) is 0 Å². The van der Waals surface area contributed by atoms with E-state index in [0.29, 0.717) is 24.5 Å². The molecule has 1 amide bonds. The molecule has 0 bridgehead atoms. The van der Waals surface area contributed by atoms with Crippen LogP contribution in [0.25, 0.3) is 5.76 Å².